The molecule has 0 atom stereocenters. The number of esters is 1. The van der Waals surface area contributed by atoms with Crippen LogP contribution in [0.15, 0.2) is 27.7 Å². The number of carbonyl (C=O) groups excluding carboxylic acids is 2. The normalized spacial score (nSPS) is 17.6. The summed E-state index contributed by atoms with van der Waals surface area (Å²) >= 11 is 6.18. The number of rotatable bonds is 3. The van der Waals surface area contributed by atoms with Gasteiger partial charge in [0.2, 0.25) is 0 Å². The van der Waals surface area contributed by atoms with E-state index in [9.17, 15) is 9.59 Å². The Balaban J connectivity index is 2.16. The molecule has 0 N–H and O–H groups in total. The van der Waals surface area contributed by atoms with E-state index in [1.54, 1.807) is 18.2 Å². The third-order valence-corrected chi connectivity index (χ3v) is 3.58. The fourth-order valence-corrected chi connectivity index (χ4v) is 2.57. The highest BCUT2D eigenvalue weighted by atomic mass is 32.2. The molecule has 1 aliphatic heterocycles. The SMILES string of the molecule is COC(=O)CN1C(=O)C(=Cc2ccco2)SC1=S. The molecule has 1 aromatic heterocycles. The molecular weight excluding hydrogens is 274 g/mol. The lowest BCUT2D eigenvalue weighted by Gasteiger charge is -2.11. The molecule has 0 spiro atoms. The Hall–Kier alpha value is -1.60. The maximum absolute atomic E-state index is 12.0. The molecule has 0 aliphatic carbocycles. The Kier molecular flexibility index (Phi) is 3.83. The number of furan rings is 1. The van der Waals surface area contributed by atoms with Crippen LogP contribution in [0, 0.1) is 0 Å². The molecule has 0 saturated carbocycles. The van der Waals surface area contributed by atoms with Gasteiger partial charge < -0.3 is 9.15 Å². The molecule has 1 amide bonds. The molecule has 1 aromatic rings. The largest absolute Gasteiger partial charge is 0.468 e. The quantitative estimate of drug-likeness (QED) is 0.477. The number of carbonyl (C=O) groups is 2. The Bertz CT molecular complexity index is 521. The second-order valence-electron chi connectivity index (χ2n) is 3.36. The fraction of sp³-hybridized carbons (Fsp3) is 0.182. The van der Waals surface area contributed by atoms with Crippen LogP contribution in [0.2, 0.25) is 0 Å². The summed E-state index contributed by atoms with van der Waals surface area (Å²) < 4.78 is 9.97. The maximum atomic E-state index is 12.0. The zero-order chi connectivity index (χ0) is 13.1. The minimum Gasteiger partial charge on any atom is -0.468 e. The number of nitrogens with zero attached hydrogens (tertiary/aromatic N) is 1. The van der Waals surface area contributed by atoms with Crippen LogP contribution in [-0.2, 0) is 14.3 Å². The average molecular weight is 283 g/mol. The average Bonchev–Trinajstić information content (AvgIpc) is 2.94. The van der Waals surface area contributed by atoms with Gasteiger partial charge in [0.1, 0.15) is 16.6 Å². The second-order valence-corrected chi connectivity index (χ2v) is 5.04. The third-order valence-electron chi connectivity index (χ3n) is 2.21. The second kappa shape index (κ2) is 5.36. The van der Waals surface area contributed by atoms with E-state index >= 15 is 0 Å². The van der Waals surface area contributed by atoms with Crippen LogP contribution in [0.1, 0.15) is 5.76 Å². The molecule has 2 rings (SSSR count). The molecule has 7 heteroatoms. The minimum absolute atomic E-state index is 0.170. The first kappa shape index (κ1) is 12.8. The summed E-state index contributed by atoms with van der Waals surface area (Å²) in [6, 6.07) is 3.45. The van der Waals surface area contributed by atoms with Crippen molar-refractivity contribution < 1.29 is 18.7 Å². The van der Waals surface area contributed by atoms with E-state index < -0.39 is 5.97 Å². The standard InChI is InChI=1S/C11H9NO4S2/c1-15-9(13)6-12-10(14)8(18-11(12)17)5-7-3-2-4-16-7/h2-5H,6H2,1H3. The van der Waals surface area contributed by atoms with Crippen molar-refractivity contribution in [3.63, 3.8) is 0 Å². The van der Waals surface area contributed by atoms with E-state index in [2.05, 4.69) is 4.74 Å². The van der Waals surface area contributed by atoms with Crippen LogP contribution >= 0.6 is 24.0 Å². The summed E-state index contributed by atoms with van der Waals surface area (Å²) in [6.45, 7) is -0.170. The van der Waals surface area contributed by atoms with Crippen molar-refractivity contribution in [2.24, 2.45) is 0 Å². The third kappa shape index (κ3) is 2.62. The lowest BCUT2D eigenvalue weighted by Crippen LogP contribution is -2.33. The van der Waals surface area contributed by atoms with Gasteiger partial charge in [-0.2, -0.15) is 0 Å². The van der Waals surface area contributed by atoms with Gasteiger partial charge in [-0.05, 0) is 12.1 Å². The summed E-state index contributed by atoms with van der Waals surface area (Å²) in [4.78, 5) is 24.8. The van der Waals surface area contributed by atoms with Gasteiger partial charge in [0.05, 0.1) is 18.3 Å². The van der Waals surface area contributed by atoms with Crippen LogP contribution in [0.4, 0.5) is 0 Å². The van der Waals surface area contributed by atoms with Gasteiger partial charge in [-0.3, -0.25) is 14.5 Å². The van der Waals surface area contributed by atoms with E-state index in [-0.39, 0.29) is 12.5 Å². The summed E-state index contributed by atoms with van der Waals surface area (Å²) in [5, 5.41) is 0. The molecule has 1 saturated heterocycles. The van der Waals surface area contributed by atoms with Gasteiger partial charge in [0, 0.05) is 6.08 Å². The number of methoxy groups -OCH3 is 1. The molecule has 0 bridgehead atoms. The van der Waals surface area contributed by atoms with Gasteiger partial charge in [-0.15, -0.1) is 0 Å². The first-order chi connectivity index (χ1) is 8.61. The van der Waals surface area contributed by atoms with Crippen molar-refractivity contribution in [2.45, 2.75) is 0 Å². The first-order valence-electron chi connectivity index (χ1n) is 4.97. The van der Waals surface area contributed by atoms with Crippen molar-refractivity contribution in [2.75, 3.05) is 13.7 Å². The molecule has 0 aromatic carbocycles. The van der Waals surface area contributed by atoms with Crippen LogP contribution < -0.4 is 0 Å². The van der Waals surface area contributed by atoms with Gasteiger partial charge in [-0.25, -0.2) is 0 Å². The van der Waals surface area contributed by atoms with Crippen molar-refractivity contribution in [1.82, 2.24) is 4.90 Å². The zero-order valence-electron chi connectivity index (χ0n) is 9.41. The highest BCUT2D eigenvalue weighted by Gasteiger charge is 2.33. The van der Waals surface area contributed by atoms with Gasteiger partial charge in [0.15, 0.2) is 0 Å². The molecule has 0 unspecified atom stereocenters. The number of thioether (sulfide) groups is 1. The maximum Gasteiger partial charge on any atom is 0.325 e. The monoisotopic (exact) mass is 283 g/mol. The van der Waals surface area contributed by atoms with Crippen LogP contribution in [-0.4, -0.2) is 34.8 Å². The Morgan fingerprint density at radius 2 is 2.44 bits per heavy atom. The number of thiocarbonyl (C=S) groups is 1. The topological polar surface area (TPSA) is 59.8 Å². The Morgan fingerprint density at radius 3 is 3.06 bits per heavy atom. The first-order valence-corrected chi connectivity index (χ1v) is 6.20. The summed E-state index contributed by atoms with van der Waals surface area (Å²) in [6.07, 6.45) is 3.11. The smallest absolute Gasteiger partial charge is 0.325 e. The summed E-state index contributed by atoms with van der Waals surface area (Å²) in [5.41, 5.74) is 0. The number of hydrogen-bond acceptors (Lipinski definition) is 6. The van der Waals surface area contributed by atoms with Crippen LogP contribution in [0.5, 0.6) is 0 Å². The fourth-order valence-electron chi connectivity index (χ4n) is 1.33. The highest BCUT2D eigenvalue weighted by molar-refractivity contribution is 8.26. The van der Waals surface area contributed by atoms with Crippen molar-refractivity contribution >= 4 is 46.3 Å². The van der Waals surface area contributed by atoms with Crippen molar-refractivity contribution in [1.29, 1.82) is 0 Å². The predicted octanol–water partition coefficient (Wildman–Crippen LogP) is 1.65. The number of amides is 1. The molecule has 18 heavy (non-hydrogen) atoms. The van der Waals surface area contributed by atoms with E-state index in [1.807, 2.05) is 0 Å². The number of hydrogen-bond donors (Lipinski definition) is 0. The van der Waals surface area contributed by atoms with Gasteiger partial charge >= 0.3 is 5.97 Å². The van der Waals surface area contributed by atoms with E-state index in [0.29, 0.717) is 15.0 Å². The lowest BCUT2D eigenvalue weighted by molar-refractivity contribution is -0.143. The van der Waals surface area contributed by atoms with Crippen molar-refractivity contribution in [3.8, 4) is 0 Å². The molecule has 1 fully saturated rings. The molecule has 0 radical (unpaired) electrons. The molecular formula is C11H9NO4S2. The van der Waals surface area contributed by atoms with Gasteiger partial charge in [-0.1, -0.05) is 24.0 Å². The Morgan fingerprint density at radius 1 is 1.67 bits per heavy atom. The van der Waals surface area contributed by atoms with Crippen LogP contribution in [0.3, 0.4) is 0 Å². The molecule has 2 heterocycles. The van der Waals surface area contributed by atoms with E-state index in [1.165, 1.54) is 18.3 Å². The number of ether oxygens (including phenoxy) is 1. The lowest BCUT2D eigenvalue weighted by atomic mass is 10.3. The van der Waals surface area contributed by atoms with E-state index in [0.717, 1.165) is 11.8 Å². The highest BCUT2D eigenvalue weighted by Crippen LogP contribution is 2.32. The minimum atomic E-state index is -0.509. The molecule has 1 aliphatic rings. The molecule has 5 nitrogen and oxygen atoms in total. The van der Waals surface area contributed by atoms with Crippen molar-refractivity contribution in [3.05, 3.63) is 29.1 Å². The predicted molar refractivity (Wildman–Crippen MR) is 70.6 cm³/mol. The van der Waals surface area contributed by atoms with E-state index in [4.69, 9.17) is 16.6 Å². The zero-order valence-corrected chi connectivity index (χ0v) is 11.0. The van der Waals surface area contributed by atoms with Gasteiger partial charge in [0.25, 0.3) is 5.91 Å². The molecule has 94 valence electrons. The summed E-state index contributed by atoms with van der Waals surface area (Å²) in [5.74, 6) is -0.258. The van der Waals surface area contributed by atoms with Crippen LogP contribution in [0.25, 0.3) is 6.08 Å². The summed E-state index contributed by atoms with van der Waals surface area (Å²) in [7, 11) is 1.26. The Labute approximate surface area is 113 Å².